The molecule has 2 aromatic carbocycles. The number of phenolic OH excluding ortho intramolecular Hbond substituents is 1. The van der Waals surface area contributed by atoms with Crippen LogP contribution in [0.15, 0.2) is 48.0 Å². The Kier molecular flexibility index (Phi) is 7.05. The number of allylic oxidation sites excluding steroid dienone is 2. The second kappa shape index (κ2) is 10.2. The van der Waals surface area contributed by atoms with Crippen molar-refractivity contribution in [1.82, 2.24) is 4.90 Å². The second-order valence-corrected chi connectivity index (χ2v) is 13.2. The van der Waals surface area contributed by atoms with Crippen molar-refractivity contribution in [3.63, 3.8) is 0 Å². The third kappa shape index (κ3) is 3.91. The molecule has 0 radical (unpaired) electrons. The average molecular weight is 743 g/mol. The van der Waals surface area contributed by atoms with Crippen LogP contribution in [0.1, 0.15) is 24.3 Å². The number of carbonyl (C=O) groups excluding carboxylic acids is 5. The van der Waals surface area contributed by atoms with Crippen molar-refractivity contribution in [2.24, 2.45) is 17.8 Å². The Balaban J connectivity index is 1.58. The van der Waals surface area contributed by atoms with Gasteiger partial charge in [0.2, 0.25) is 11.8 Å². The number of methoxy groups -OCH3 is 2. The Hall–Kier alpha value is -3.23. The zero-order valence-electron chi connectivity index (χ0n) is 22.5. The van der Waals surface area contributed by atoms with E-state index in [0.717, 1.165) is 24.1 Å². The van der Waals surface area contributed by atoms with Crippen LogP contribution in [0.2, 0.25) is 0 Å². The largest absolute Gasteiger partial charge is 0.504 e. The van der Waals surface area contributed by atoms with E-state index in [2.05, 4.69) is 4.74 Å². The molecule has 2 aliphatic carbocycles. The number of carbonyl (C=O) groups is 5. The molecular formula is C29H22Cl2FIN2O8. The van der Waals surface area contributed by atoms with Gasteiger partial charge in [-0.05, 0) is 83.3 Å². The average Bonchev–Trinajstić information content (AvgIpc) is 3.32. The molecule has 2 heterocycles. The highest BCUT2D eigenvalue weighted by molar-refractivity contribution is 14.1. The maximum absolute atomic E-state index is 14.3. The Morgan fingerprint density at radius 2 is 1.72 bits per heavy atom. The fourth-order valence-electron chi connectivity index (χ4n) is 6.96. The van der Waals surface area contributed by atoms with Crippen LogP contribution in [-0.2, 0) is 23.9 Å². The molecule has 1 saturated carbocycles. The lowest BCUT2D eigenvalue weighted by Crippen LogP contribution is -2.60. The van der Waals surface area contributed by atoms with Gasteiger partial charge in [-0.15, -0.1) is 23.2 Å². The number of fused-ring (bicyclic) bond motifs is 4. The lowest BCUT2D eigenvalue weighted by molar-refractivity contribution is -0.138. The maximum atomic E-state index is 14.3. The molecule has 0 spiro atoms. The quantitative estimate of drug-likeness (QED) is 0.211. The summed E-state index contributed by atoms with van der Waals surface area (Å²) < 4.78 is 24.2. The number of imide groups is 4. The van der Waals surface area contributed by atoms with Crippen LogP contribution < -0.4 is 9.64 Å². The molecule has 2 saturated heterocycles. The van der Waals surface area contributed by atoms with Crippen molar-refractivity contribution in [1.29, 1.82) is 0 Å². The summed E-state index contributed by atoms with van der Waals surface area (Å²) in [7, 11) is 2.39. The van der Waals surface area contributed by atoms with Gasteiger partial charge in [-0.25, -0.2) is 14.1 Å². The van der Waals surface area contributed by atoms with E-state index in [4.69, 9.17) is 27.9 Å². The van der Waals surface area contributed by atoms with Gasteiger partial charge < -0.3 is 14.6 Å². The van der Waals surface area contributed by atoms with Gasteiger partial charge in [-0.3, -0.25) is 19.2 Å². The molecule has 1 N–H and O–H groups in total. The molecule has 5 amide bonds. The van der Waals surface area contributed by atoms with Crippen molar-refractivity contribution < 1.29 is 42.9 Å². The van der Waals surface area contributed by atoms with Gasteiger partial charge in [0.05, 0.1) is 35.3 Å². The van der Waals surface area contributed by atoms with Crippen LogP contribution in [0.5, 0.6) is 11.5 Å². The first-order valence-corrected chi connectivity index (χ1v) is 14.9. The van der Waals surface area contributed by atoms with Crippen LogP contribution in [0.4, 0.5) is 14.9 Å². The molecular weight excluding hydrogens is 721 g/mol. The van der Waals surface area contributed by atoms with Crippen molar-refractivity contribution in [2.45, 2.75) is 28.5 Å². The molecule has 14 heteroatoms. The number of benzene rings is 2. The van der Waals surface area contributed by atoms with E-state index in [1.807, 2.05) is 22.6 Å². The first-order valence-electron chi connectivity index (χ1n) is 13.1. The van der Waals surface area contributed by atoms with Gasteiger partial charge in [0.15, 0.2) is 21.2 Å². The number of hydrogen-bond donors (Lipinski definition) is 1. The van der Waals surface area contributed by atoms with Gasteiger partial charge in [0, 0.05) is 5.92 Å². The molecule has 2 aromatic rings. The monoisotopic (exact) mass is 742 g/mol. The lowest BCUT2D eigenvalue weighted by Gasteiger charge is -2.50. The number of aromatic hydroxyl groups is 1. The highest BCUT2D eigenvalue weighted by Gasteiger charge is 2.76. The van der Waals surface area contributed by atoms with Gasteiger partial charge in [0.1, 0.15) is 5.82 Å². The van der Waals surface area contributed by atoms with Gasteiger partial charge >= 0.3 is 6.09 Å². The highest BCUT2D eigenvalue weighted by Crippen LogP contribution is 2.66. The van der Waals surface area contributed by atoms with E-state index in [1.54, 1.807) is 12.1 Å². The molecule has 0 aromatic heterocycles. The Bertz CT molecular complexity index is 1670. The van der Waals surface area contributed by atoms with Crippen LogP contribution in [0.25, 0.3) is 0 Å². The van der Waals surface area contributed by atoms with Gasteiger partial charge in [-0.2, -0.15) is 4.90 Å². The van der Waals surface area contributed by atoms with Crippen LogP contribution in [-0.4, -0.2) is 63.7 Å². The summed E-state index contributed by atoms with van der Waals surface area (Å²) in [4.78, 5) is 64.8. The van der Waals surface area contributed by atoms with E-state index in [-0.39, 0.29) is 30.0 Å². The number of anilines is 1. The normalized spacial score (nSPS) is 31.4. The van der Waals surface area contributed by atoms with Crippen molar-refractivity contribution >= 4 is 81.2 Å². The number of rotatable bonds is 3. The van der Waals surface area contributed by atoms with E-state index < -0.39 is 69.0 Å². The number of phenols is 1. The minimum atomic E-state index is -2.16. The van der Waals surface area contributed by atoms with E-state index in [0.29, 0.717) is 19.6 Å². The molecule has 43 heavy (non-hydrogen) atoms. The summed E-state index contributed by atoms with van der Waals surface area (Å²) in [6, 6.07) is 7.71. The number of amides is 5. The zero-order chi connectivity index (χ0) is 31.2. The lowest BCUT2D eigenvalue weighted by atomic mass is 9.56. The van der Waals surface area contributed by atoms with E-state index in [9.17, 15) is 33.5 Å². The van der Waals surface area contributed by atoms with Crippen molar-refractivity contribution in [3.05, 3.63) is 63.0 Å². The molecule has 6 atom stereocenters. The molecule has 3 fully saturated rings. The first kappa shape index (κ1) is 29.8. The number of ether oxygens (including phenoxy) is 2. The predicted octanol–water partition coefficient (Wildman–Crippen LogP) is 4.47. The van der Waals surface area contributed by atoms with Crippen LogP contribution in [0.3, 0.4) is 0 Å². The summed E-state index contributed by atoms with van der Waals surface area (Å²) in [6.45, 7) is 0. The molecule has 6 rings (SSSR count). The van der Waals surface area contributed by atoms with Gasteiger partial charge in [-0.1, -0.05) is 11.6 Å². The summed E-state index contributed by atoms with van der Waals surface area (Å²) in [6.07, 6.45) is 0.305. The molecule has 224 valence electrons. The maximum Gasteiger partial charge on any atom is 0.423 e. The van der Waals surface area contributed by atoms with E-state index in [1.165, 1.54) is 25.3 Å². The highest BCUT2D eigenvalue weighted by atomic mass is 127. The number of nitrogens with zero attached hydrogens (tertiary/aromatic N) is 2. The number of alkyl halides is 2. The second-order valence-electron chi connectivity index (χ2n) is 10.8. The minimum Gasteiger partial charge on any atom is -0.504 e. The fourth-order valence-corrected chi connectivity index (χ4v) is 8.52. The van der Waals surface area contributed by atoms with E-state index >= 15 is 0 Å². The van der Waals surface area contributed by atoms with Crippen molar-refractivity contribution in [2.75, 3.05) is 19.1 Å². The standard InChI is InChI=1S/C29H22Cl2FIN2O8/c1-42-19-10-12(9-18(33)22(19)36)21-15-7-8-16-20(24(38)35(23(16)37)27(41)43-2)17(15)11-28(30)25(39)34(26(40)29(21,28)31)14-5-3-13(32)4-6-14/h3-7,9-10,16-17,20-21,36H,8,11H2,1-2H3. The van der Waals surface area contributed by atoms with Crippen molar-refractivity contribution in [3.8, 4) is 11.5 Å². The van der Waals surface area contributed by atoms with Gasteiger partial charge in [0.25, 0.3) is 11.8 Å². The summed E-state index contributed by atoms with van der Waals surface area (Å²) >= 11 is 16.4. The third-order valence-electron chi connectivity index (χ3n) is 8.86. The topological polar surface area (TPSA) is 131 Å². The SMILES string of the molecule is COC(=O)N1C(=O)C2CC=C3C(CC4(Cl)C(=O)N(c5ccc(F)cc5)C(=O)C4(Cl)C3c3cc(I)c(O)c(OC)c3)C2C1=O. The first-order chi connectivity index (χ1) is 20.3. The number of likely N-dealkylation sites (tertiary alicyclic amines) is 1. The summed E-state index contributed by atoms with van der Waals surface area (Å²) in [5.41, 5.74) is 0.879. The molecule has 0 bridgehead atoms. The zero-order valence-corrected chi connectivity index (χ0v) is 26.1. The predicted molar refractivity (Wildman–Crippen MR) is 158 cm³/mol. The molecule has 4 aliphatic rings. The smallest absolute Gasteiger partial charge is 0.423 e. The van der Waals surface area contributed by atoms with Crippen LogP contribution >= 0.6 is 45.8 Å². The minimum absolute atomic E-state index is 0.0429. The Morgan fingerprint density at radius 1 is 1.05 bits per heavy atom. The number of hydrogen-bond acceptors (Lipinski definition) is 8. The Labute approximate surface area is 267 Å². The molecule has 2 aliphatic heterocycles. The van der Waals surface area contributed by atoms with Crippen LogP contribution in [0, 0.1) is 27.1 Å². The summed E-state index contributed by atoms with van der Waals surface area (Å²) in [5, 5.41) is 10.6. The fraction of sp³-hybridized carbons (Fsp3) is 0.345. The Morgan fingerprint density at radius 3 is 2.35 bits per heavy atom. The molecule has 6 unspecified atom stereocenters. The summed E-state index contributed by atoms with van der Waals surface area (Å²) in [5.74, 6) is -8.02. The molecule has 10 nitrogen and oxygen atoms in total. The third-order valence-corrected chi connectivity index (χ3v) is 11.1. The number of halogens is 4.